The quantitative estimate of drug-likeness (QED) is 0.674. The van der Waals surface area contributed by atoms with Crippen LogP contribution in [0.5, 0.6) is 0 Å². The van der Waals surface area contributed by atoms with Crippen LogP contribution in [0.4, 0.5) is 0 Å². The molecule has 0 bridgehead atoms. The zero-order valence-electron chi connectivity index (χ0n) is 16.4. The lowest BCUT2D eigenvalue weighted by molar-refractivity contribution is 0.0681. The number of aromatic nitrogens is 2. The van der Waals surface area contributed by atoms with Gasteiger partial charge in [0.2, 0.25) is 0 Å². The van der Waals surface area contributed by atoms with Crippen LogP contribution in [0, 0.1) is 5.92 Å². The first kappa shape index (κ1) is 19.1. The van der Waals surface area contributed by atoms with Crippen LogP contribution in [0.2, 0.25) is 0 Å². The van der Waals surface area contributed by atoms with E-state index in [1.54, 1.807) is 6.07 Å². The van der Waals surface area contributed by atoms with Gasteiger partial charge in [0.05, 0.1) is 6.54 Å². The van der Waals surface area contributed by atoms with Crippen molar-refractivity contribution in [1.82, 2.24) is 14.7 Å². The van der Waals surface area contributed by atoms with Gasteiger partial charge in [-0.15, -0.1) is 0 Å². The van der Waals surface area contributed by atoms with Gasteiger partial charge < -0.3 is 4.90 Å². The summed E-state index contributed by atoms with van der Waals surface area (Å²) in [5.41, 5.74) is 2.47. The van der Waals surface area contributed by atoms with E-state index in [9.17, 15) is 9.59 Å². The molecule has 5 nitrogen and oxygen atoms in total. The molecule has 0 unspecified atom stereocenters. The highest BCUT2D eigenvalue weighted by molar-refractivity contribution is 5.92. The number of piperidine rings is 1. The summed E-state index contributed by atoms with van der Waals surface area (Å²) in [6, 6.07) is 23.2. The maximum atomic E-state index is 12.9. The fourth-order valence-electron chi connectivity index (χ4n) is 3.88. The predicted molar refractivity (Wildman–Crippen MR) is 113 cm³/mol. The number of benzene rings is 2. The van der Waals surface area contributed by atoms with Gasteiger partial charge in [-0.25, -0.2) is 4.68 Å². The van der Waals surface area contributed by atoms with Gasteiger partial charge in [0, 0.05) is 19.2 Å². The molecule has 1 saturated heterocycles. The van der Waals surface area contributed by atoms with Crippen LogP contribution in [-0.4, -0.2) is 33.7 Å². The molecule has 1 aliphatic heterocycles. The maximum Gasteiger partial charge on any atom is 0.274 e. The van der Waals surface area contributed by atoms with Crippen LogP contribution in [0.25, 0.3) is 0 Å². The Kier molecular flexibility index (Phi) is 5.84. The molecule has 5 heteroatoms. The summed E-state index contributed by atoms with van der Waals surface area (Å²) >= 11 is 0. The topological polar surface area (TPSA) is 55.2 Å². The molecule has 0 saturated carbocycles. The van der Waals surface area contributed by atoms with Gasteiger partial charge in [-0.05, 0) is 42.4 Å². The zero-order valence-corrected chi connectivity index (χ0v) is 16.4. The molecule has 2 aromatic carbocycles. The molecule has 0 N–H and O–H groups in total. The minimum atomic E-state index is -0.202. The zero-order chi connectivity index (χ0) is 20.1. The first-order valence-electron chi connectivity index (χ1n) is 10.1. The molecule has 1 fully saturated rings. The van der Waals surface area contributed by atoms with Crippen molar-refractivity contribution in [3.8, 4) is 0 Å². The molecule has 1 amide bonds. The Balaban J connectivity index is 1.40. The number of carbonyl (C=O) groups excluding carboxylic acids is 1. The Hall–Kier alpha value is -3.21. The molecule has 4 rings (SSSR count). The van der Waals surface area contributed by atoms with E-state index in [0.717, 1.165) is 37.9 Å². The van der Waals surface area contributed by atoms with Crippen molar-refractivity contribution in [2.24, 2.45) is 5.92 Å². The van der Waals surface area contributed by atoms with E-state index in [1.807, 2.05) is 41.3 Å². The minimum absolute atomic E-state index is 0.0926. The van der Waals surface area contributed by atoms with Crippen molar-refractivity contribution in [2.75, 3.05) is 13.1 Å². The number of nitrogens with zero attached hydrogens (tertiary/aromatic N) is 3. The van der Waals surface area contributed by atoms with Gasteiger partial charge in [-0.1, -0.05) is 60.7 Å². The van der Waals surface area contributed by atoms with Crippen molar-refractivity contribution in [2.45, 2.75) is 25.8 Å². The number of hydrogen-bond donors (Lipinski definition) is 0. The summed E-state index contributed by atoms with van der Waals surface area (Å²) in [4.78, 5) is 27.0. The van der Waals surface area contributed by atoms with Crippen molar-refractivity contribution in [3.63, 3.8) is 0 Å². The lowest BCUT2D eigenvalue weighted by atomic mass is 9.90. The first-order chi connectivity index (χ1) is 14.2. The molecular formula is C24H25N3O2. The highest BCUT2D eigenvalue weighted by Crippen LogP contribution is 2.22. The Labute approximate surface area is 170 Å². The van der Waals surface area contributed by atoms with Crippen LogP contribution in [-0.2, 0) is 13.0 Å². The van der Waals surface area contributed by atoms with Crippen LogP contribution in [0.15, 0.2) is 77.6 Å². The third-order valence-corrected chi connectivity index (χ3v) is 5.53. The summed E-state index contributed by atoms with van der Waals surface area (Å²) in [6.07, 6.45) is 3.04. The lowest BCUT2D eigenvalue weighted by Crippen LogP contribution is -2.40. The summed E-state index contributed by atoms with van der Waals surface area (Å²) in [7, 11) is 0. The average molecular weight is 387 g/mol. The minimum Gasteiger partial charge on any atom is -0.337 e. The van der Waals surface area contributed by atoms with Crippen molar-refractivity contribution < 1.29 is 4.79 Å². The normalized spacial score (nSPS) is 14.7. The van der Waals surface area contributed by atoms with Gasteiger partial charge in [0.25, 0.3) is 11.5 Å². The largest absolute Gasteiger partial charge is 0.337 e. The van der Waals surface area contributed by atoms with Crippen molar-refractivity contribution in [3.05, 3.63) is 100.0 Å². The highest BCUT2D eigenvalue weighted by Gasteiger charge is 2.25. The maximum absolute atomic E-state index is 12.9. The Morgan fingerprint density at radius 3 is 2.14 bits per heavy atom. The molecule has 1 aliphatic rings. The van der Waals surface area contributed by atoms with E-state index < -0.39 is 0 Å². The smallest absolute Gasteiger partial charge is 0.274 e. The Morgan fingerprint density at radius 1 is 0.862 bits per heavy atom. The van der Waals surface area contributed by atoms with Gasteiger partial charge in [-0.2, -0.15) is 5.10 Å². The summed E-state index contributed by atoms with van der Waals surface area (Å²) < 4.78 is 1.37. The highest BCUT2D eigenvalue weighted by atomic mass is 16.2. The van der Waals surface area contributed by atoms with E-state index in [-0.39, 0.29) is 11.5 Å². The summed E-state index contributed by atoms with van der Waals surface area (Å²) in [5, 5.41) is 4.34. The van der Waals surface area contributed by atoms with Gasteiger partial charge in [0.1, 0.15) is 5.69 Å². The number of amides is 1. The molecule has 1 aromatic heterocycles. The van der Waals surface area contributed by atoms with Gasteiger partial charge >= 0.3 is 0 Å². The molecule has 148 valence electrons. The third-order valence-electron chi connectivity index (χ3n) is 5.53. The molecule has 3 aromatic rings. The molecule has 29 heavy (non-hydrogen) atoms. The van der Waals surface area contributed by atoms with Crippen molar-refractivity contribution in [1.29, 1.82) is 0 Å². The SMILES string of the molecule is O=C(c1ccc(=O)n(Cc2ccccc2)n1)N1CCC(Cc2ccccc2)CC1. The van der Waals surface area contributed by atoms with Crippen LogP contribution in [0.3, 0.4) is 0 Å². The first-order valence-corrected chi connectivity index (χ1v) is 10.1. The molecule has 0 radical (unpaired) electrons. The van der Waals surface area contributed by atoms with E-state index in [0.29, 0.717) is 18.2 Å². The fourth-order valence-corrected chi connectivity index (χ4v) is 3.88. The van der Waals surface area contributed by atoms with Crippen LogP contribution in [0.1, 0.15) is 34.5 Å². The monoisotopic (exact) mass is 387 g/mol. The van der Waals surface area contributed by atoms with Crippen molar-refractivity contribution >= 4 is 5.91 Å². The predicted octanol–water partition coefficient (Wildman–Crippen LogP) is 3.39. The number of carbonyl (C=O) groups is 1. The molecule has 0 atom stereocenters. The average Bonchev–Trinajstić information content (AvgIpc) is 2.77. The Morgan fingerprint density at radius 2 is 1.48 bits per heavy atom. The third kappa shape index (κ3) is 4.80. The summed E-state index contributed by atoms with van der Waals surface area (Å²) in [5.74, 6) is 0.506. The molecule has 0 spiro atoms. The fraction of sp³-hybridized carbons (Fsp3) is 0.292. The molecular weight excluding hydrogens is 362 g/mol. The Bertz CT molecular complexity index is 1010. The molecule has 2 heterocycles. The lowest BCUT2D eigenvalue weighted by Gasteiger charge is -2.32. The van der Waals surface area contributed by atoms with Gasteiger partial charge in [-0.3, -0.25) is 9.59 Å². The second kappa shape index (κ2) is 8.86. The number of rotatable bonds is 5. The van der Waals surface area contributed by atoms with E-state index in [1.165, 1.54) is 16.3 Å². The van der Waals surface area contributed by atoms with E-state index >= 15 is 0 Å². The van der Waals surface area contributed by atoms with E-state index in [4.69, 9.17) is 0 Å². The van der Waals surface area contributed by atoms with Gasteiger partial charge in [0.15, 0.2) is 0 Å². The number of likely N-dealkylation sites (tertiary alicyclic amines) is 1. The second-order valence-corrected chi connectivity index (χ2v) is 7.63. The second-order valence-electron chi connectivity index (χ2n) is 7.63. The molecule has 0 aliphatic carbocycles. The standard InChI is InChI=1S/C24H25N3O2/c28-23-12-11-22(25-27(23)18-21-9-5-2-6-10-21)24(29)26-15-13-20(14-16-26)17-19-7-3-1-4-8-19/h1-12,20H,13-18H2. The van der Waals surface area contributed by atoms with E-state index in [2.05, 4.69) is 29.4 Å². The number of hydrogen-bond acceptors (Lipinski definition) is 3. The van der Waals surface area contributed by atoms with Crippen LogP contribution < -0.4 is 5.56 Å². The van der Waals surface area contributed by atoms with Crippen LogP contribution >= 0.6 is 0 Å². The summed E-state index contributed by atoms with van der Waals surface area (Å²) in [6.45, 7) is 1.82.